The van der Waals surface area contributed by atoms with E-state index in [0.717, 1.165) is 34.9 Å². The first-order chi connectivity index (χ1) is 7.27. The highest BCUT2D eigenvalue weighted by atomic mass is 79.9. The monoisotopic (exact) mass is 306 g/mol. The van der Waals surface area contributed by atoms with Gasteiger partial charge in [0, 0.05) is 24.2 Å². The lowest BCUT2D eigenvalue weighted by Crippen LogP contribution is -2.33. The van der Waals surface area contributed by atoms with Gasteiger partial charge < -0.3 is 4.90 Å². The number of aromatic nitrogens is 1. The summed E-state index contributed by atoms with van der Waals surface area (Å²) in [6.07, 6.45) is 1.09. The predicted octanol–water partition coefficient (Wildman–Crippen LogP) is 2.48. The molecule has 0 aromatic carbocycles. The molecule has 0 saturated carbocycles. The maximum atomic E-state index is 12.0. The number of nitrogens with zero attached hydrogens (tertiary/aromatic N) is 2. The zero-order valence-electron chi connectivity index (χ0n) is 8.11. The number of carbonyl (C=O) groups excluding carboxylic acids is 1. The number of carbonyl (C=O) groups is 1. The third-order valence-electron chi connectivity index (χ3n) is 2.20. The number of hydrogen-bond acceptors (Lipinski definition) is 4. The van der Waals surface area contributed by atoms with Crippen molar-refractivity contribution in [2.45, 2.75) is 6.42 Å². The molecular formula is C9H11BrN2OS2. The van der Waals surface area contributed by atoms with Crippen molar-refractivity contribution < 1.29 is 4.79 Å². The van der Waals surface area contributed by atoms with E-state index < -0.39 is 0 Å². The van der Waals surface area contributed by atoms with Crippen LogP contribution in [0.2, 0.25) is 0 Å². The van der Waals surface area contributed by atoms with Gasteiger partial charge in [-0.05, 0) is 28.1 Å². The molecule has 0 atom stereocenters. The molecule has 1 aromatic heterocycles. The Bertz CT molecular complexity index is 348. The summed E-state index contributed by atoms with van der Waals surface area (Å²) in [6.45, 7) is 1.71. The Hall–Kier alpha value is -0.0700. The predicted molar refractivity (Wildman–Crippen MR) is 67.7 cm³/mol. The fourth-order valence-corrected chi connectivity index (χ4v) is 3.33. The first-order valence-electron chi connectivity index (χ1n) is 4.75. The highest BCUT2D eigenvalue weighted by Gasteiger charge is 2.19. The second-order valence-corrected chi connectivity index (χ2v) is 6.60. The average molecular weight is 307 g/mol. The summed E-state index contributed by atoms with van der Waals surface area (Å²) >= 11 is 6.64. The van der Waals surface area contributed by atoms with Crippen LogP contribution in [0.4, 0.5) is 0 Å². The number of thioether (sulfide) groups is 1. The van der Waals surface area contributed by atoms with Crippen LogP contribution in [-0.2, 0) is 0 Å². The van der Waals surface area contributed by atoms with E-state index >= 15 is 0 Å². The molecule has 2 rings (SSSR count). The van der Waals surface area contributed by atoms with Crippen molar-refractivity contribution in [3.05, 3.63) is 15.0 Å². The number of rotatable bonds is 1. The van der Waals surface area contributed by atoms with Crippen molar-refractivity contribution in [2.24, 2.45) is 0 Å². The smallest absolute Gasteiger partial charge is 0.273 e. The number of halogens is 1. The minimum atomic E-state index is 0.0689. The normalized spacial score (nSPS) is 17.5. The Morgan fingerprint density at radius 3 is 3.07 bits per heavy atom. The molecule has 1 aromatic rings. The molecule has 15 heavy (non-hydrogen) atoms. The van der Waals surface area contributed by atoms with Crippen molar-refractivity contribution in [2.75, 3.05) is 24.6 Å². The second kappa shape index (κ2) is 5.32. The summed E-state index contributed by atoms with van der Waals surface area (Å²) in [4.78, 5) is 18.1. The molecule has 0 unspecified atom stereocenters. The first kappa shape index (κ1) is 11.4. The Morgan fingerprint density at radius 2 is 2.33 bits per heavy atom. The fourth-order valence-electron chi connectivity index (χ4n) is 1.46. The van der Waals surface area contributed by atoms with Crippen LogP contribution in [0.25, 0.3) is 0 Å². The largest absolute Gasteiger partial charge is 0.336 e. The summed E-state index contributed by atoms with van der Waals surface area (Å²) in [5, 5.41) is 1.81. The molecule has 0 aliphatic carbocycles. The lowest BCUT2D eigenvalue weighted by Gasteiger charge is -2.18. The fraction of sp³-hybridized carbons (Fsp3) is 0.556. The lowest BCUT2D eigenvalue weighted by molar-refractivity contribution is 0.0763. The minimum Gasteiger partial charge on any atom is -0.336 e. The molecule has 1 fully saturated rings. The Morgan fingerprint density at radius 1 is 1.47 bits per heavy atom. The molecule has 0 spiro atoms. The van der Waals surface area contributed by atoms with E-state index in [-0.39, 0.29) is 5.91 Å². The summed E-state index contributed by atoms with van der Waals surface area (Å²) < 4.78 is 0.773. The van der Waals surface area contributed by atoms with Gasteiger partial charge >= 0.3 is 0 Å². The van der Waals surface area contributed by atoms with E-state index in [2.05, 4.69) is 20.9 Å². The Labute approximate surface area is 105 Å². The summed E-state index contributed by atoms with van der Waals surface area (Å²) in [5.41, 5.74) is 0.568. The molecule has 0 radical (unpaired) electrons. The molecule has 0 bridgehead atoms. The van der Waals surface area contributed by atoms with Crippen molar-refractivity contribution >= 4 is 44.9 Å². The third-order valence-corrected chi connectivity index (χ3v) is 4.62. The van der Waals surface area contributed by atoms with E-state index in [9.17, 15) is 4.79 Å². The van der Waals surface area contributed by atoms with Crippen molar-refractivity contribution in [3.8, 4) is 0 Å². The van der Waals surface area contributed by atoms with E-state index in [0.29, 0.717) is 5.69 Å². The Kier molecular flexibility index (Phi) is 4.05. The van der Waals surface area contributed by atoms with E-state index in [4.69, 9.17) is 0 Å². The highest BCUT2D eigenvalue weighted by molar-refractivity contribution is 9.11. The van der Waals surface area contributed by atoms with Crippen LogP contribution in [0.15, 0.2) is 9.30 Å². The van der Waals surface area contributed by atoms with Gasteiger partial charge in [-0.25, -0.2) is 4.98 Å². The summed E-state index contributed by atoms with van der Waals surface area (Å²) in [7, 11) is 0. The summed E-state index contributed by atoms with van der Waals surface area (Å²) in [6, 6.07) is 0. The van der Waals surface area contributed by atoms with Crippen LogP contribution in [0.1, 0.15) is 16.9 Å². The highest BCUT2D eigenvalue weighted by Crippen LogP contribution is 2.18. The van der Waals surface area contributed by atoms with Gasteiger partial charge in [0.15, 0.2) is 3.92 Å². The molecule has 0 N–H and O–H groups in total. The lowest BCUT2D eigenvalue weighted by atomic mass is 10.3. The maximum absolute atomic E-state index is 12.0. The number of thiazole rings is 1. The molecule has 3 nitrogen and oxygen atoms in total. The third kappa shape index (κ3) is 2.95. The van der Waals surface area contributed by atoms with Gasteiger partial charge in [0.1, 0.15) is 5.69 Å². The van der Waals surface area contributed by atoms with Gasteiger partial charge in [-0.2, -0.15) is 11.8 Å². The van der Waals surface area contributed by atoms with Gasteiger partial charge in [-0.1, -0.05) is 0 Å². The zero-order chi connectivity index (χ0) is 10.7. The van der Waals surface area contributed by atoms with E-state index in [1.807, 2.05) is 22.0 Å². The summed E-state index contributed by atoms with van der Waals surface area (Å²) in [5.74, 6) is 2.26. The van der Waals surface area contributed by atoms with Crippen LogP contribution in [0, 0.1) is 0 Å². The number of amides is 1. The van der Waals surface area contributed by atoms with E-state index in [1.165, 1.54) is 11.3 Å². The van der Waals surface area contributed by atoms with Crippen molar-refractivity contribution in [3.63, 3.8) is 0 Å². The Balaban J connectivity index is 2.06. The van der Waals surface area contributed by atoms with Crippen molar-refractivity contribution in [1.29, 1.82) is 0 Å². The molecule has 2 heterocycles. The molecule has 1 saturated heterocycles. The molecule has 82 valence electrons. The van der Waals surface area contributed by atoms with Gasteiger partial charge in [0.05, 0.1) is 0 Å². The van der Waals surface area contributed by atoms with Crippen LogP contribution in [0.5, 0.6) is 0 Å². The second-order valence-electron chi connectivity index (χ2n) is 3.24. The zero-order valence-corrected chi connectivity index (χ0v) is 11.3. The molecule has 6 heteroatoms. The number of hydrogen-bond donors (Lipinski definition) is 0. The minimum absolute atomic E-state index is 0.0689. The molecular weight excluding hydrogens is 296 g/mol. The average Bonchev–Trinajstić information content (AvgIpc) is 2.53. The van der Waals surface area contributed by atoms with Gasteiger partial charge in [0.2, 0.25) is 0 Å². The van der Waals surface area contributed by atoms with Gasteiger partial charge in [-0.3, -0.25) is 4.79 Å². The maximum Gasteiger partial charge on any atom is 0.273 e. The van der Waals surface area contributed by atoms with Gasteiger partial charge in [0.25, 0.3) is 5.91 Å². The topological polar surface area (TPSA) is 33.2 Å². The molecule has 1 aliphatic rings. The van der Waals surface area contributed by atoms with Crippen LogP contribution in [-0.4, -0.2) is 40.4 Å². The van der Waals surface area contributed by atoms with E-state index in [1.54, 1.807) is 0 Å². The standard InChI is InChI=1S/C9H11BrN2OS2/c10-9-11-7(6-15-9)8(13)12-2-1-4-14-5-3-12/h6H,1-5H2. The van der Waals surface area contributed by atoms with Crippen LogP contribution < -0.4 is 0 Å². The molecule has 1 amide bonds. The quantitative estimate of drug-likeness (QED) is 0.799. The first-order valence-corrected chi connectivity index (χ1v) is 7.58. The van der Waals surface area contributed by atoms with Crippen LogP contribution >= 0.6 is 39.0 Å². The van der Waals surface area contributed by atoms with Crippen molar-refractivity contribution in [1.82, 2.24) is 9.88 Å². The van der Waals surface area contributed by atoms with Crippen LogP contribution in [0.3, 0.4) is 0 Å². The SMILES string of the molecule is O=C(c1csc(Br)n1)N1CCCSCC1. The molecule has 1 aliphatic heterocycles. The van der Waals surface area contributed by atoms with Gasteiger partial charge in [-0.15, -0.1) is 11.3 Å².